The van der Waals surface area contributed by atoms with Crippen LogP contribution in [-0.2, 0) is 5.54 Å². The van der Waals surface area contributed by atoms with E-state index in [9.17, 15) is 4.79 Å². The summed E-state index contributed by atoms with van der Waals surface area (Å²) in [6.45, 7) is 6.46. The zero-order chi connectivity index (χ0) is 13.3. The van der Waals surface area contributed by atoms with Crippen molar-refractivity contribution in [1.29, 1.82) is 0 Å². The molecule has 0 atom stereocenters. The van der Waals surface area contributed by atoms with Gasteiger partial charge in [0.2, 0.25) is 0 Å². The lowest BCUT2D eigenvalue weighted by atomic mass is 10.1. The lowest BCUT2D eigenvalue weighted by Gasteiger charge is -2.22. The highest BCUT2D eigenvalue weighted by Gasteiger charge is 2.32. The van der Waals surface area contributed by atoms with Gasteiger partial charge in [-0.05, 0) is 39.7 Å². The van der Waals surface area contributed by atoms with Crippen molar-refractivity contribution in [2.75, 3.05) is 13.2 Å². The second kappa shape index (κ2) is 4.72. The molecule has 0 aromatic carbocycles. The van der Waals surface area contributed by atoms with E-state index in [1.165, 1.54) is 12.8 Å². The van der Waals surface area contributed by atoms with Gasteiger partial charge < -0.3 is 10.4 Å². The Morgan fingerprint density at radius 2 is 2.22 bits per heavy atom. The zero-order valence-corrected chi connectivity index (χ0v) is 11.2. The van der Waals surface area contributed by atoms with Gasteiger partial charge in [0, 0.05) is 18.2 Å². The van der Waals surface area contributed by atoms with Crippen LogP contribution in [0.5, 0.6) is 0 Å². The topological polar surface area (TPSA) is 67.2 Å². The second-order valence-electron chi connectivity index (χ2n) is 5.79. The lowest BCUT2D eigenvalue weighted by molar-refractivity contribution is 0.0938. The number of nitrogens with zero attached hydrogens (tertiary/aromatic N) is 2. The number of aliphatic hydroxyl groups is 1. The summed E-state index contributed by atoms with van der Waals surface area (Å²) in [5, 5.41) is 15.8. The predicted molar refractivity (Wildman–Crippen MR) is 68.6 cm³/mol. The maximum absolute atomic E-state index is 11.8. The summed E-state index contributed by atoms with van der Waals surface area (Å²) in [5.41, 5.74) is 1.48. The van der Waals surface area contributed by atoms with Gasteiger partial charge in [-0.3, -0.25) is 9.48 Å². The van der Waals surface area contributed by atoms with Gasteiger partial charge in [-0.1, -0.05) is 0 Å². The largest absolute Gasteiger partial charge is 0.395 e. The van der Waals surface area contributed by atoms with Gasteiger partial charge in [0.25, 0.3) is 5.91 Å². The fraction of sp³-hybridized carbons (Fsp3) is 0.692. The van der Waals surface area contributed by atoms with Crippen molar-refractivity contribution in [3.63, 3.8) is 0 Å². The molecule has 100 valence electrons. The second-order valence-corrected chi connectivity index (χ2v) is 5.79. The Hall–Kier alpha value is -1.36. The molecule has 1 fully saturated rings. The first kappa shape index (κ1) is 13.1. The van der Waals surface area contributed by atoms with Crippen molar-refractivity contribution in [3.8, 4) is 0 Å². The first-order chi connectivity index (χ1) is 8.43. The van der Waals surface area contributed by atoms with Gasteiger partial charge in [-0.15, -0.1) is 0 Å². The van der Waals surface area contributed by atoms with Crippen molar-refractivity contribution >= 4 is 5.91 Å². The summed E-state index contributed by atoms with van der Waals surface area (Å²) in [6, 6.07) is 1.88. The van der Waals surface area contributed by atoms with Crippen LogP contribution in [0.4, 0.5) is 0 Å². The van der Waals surface area contributed by atoms with E-state index in [2.05, 4.69) is 31.2 Å². The molecular formula is C13H21N3O2. The van der Waals surface area contributed by atoms with E-state index in [-0.39, 0.29) is 24.6 Å². The summed E-state index contributed by atoms with van der Waals surface area (Å²) >= 11 is 0. The van der Waals surface area contributed by atoms with Crippen molar-refractivity contribution < 1.29 is 9.90 Å². The number of hydrogen-bond donors (Lipinski definition) is 2. The first-order valence-electron chi connectivity index (χ1n) is 6.43. The Bertz CT molecular complexity index is 442. The van der Waals surface area contributed by atoms with Crippen LogP contribution >= 0.6 is 0 Å². The molecule has 5 nitrogen and oxygen atoms in total. The van der Waals surface area contributed by atoms with Crippen LogP contribution < -0.4 is 5.32 Å². The molecule has 0 unspecified atom stereocenters. The highest BCUT2D eigenvalue weighted by Crippen LogP contribution is 2.41. The Morgan fingerprint density at radius 3 is 2.72 bits per heavy atom. The molecule has 0 bridgehead atoms. The summed E-state index contributed by atoms with van der Waals surface area (Å²) < 4.78 is 1.96. The number of rotatable bonds is 4. The van der Waals surface area contributed by atoms with Gasteiger partial charge in [-0.2, -0.15) is 5.10 Å². The number of hydrogen-bond acceptors (Lipinski definition) is 3. The number of carbonyl (C=O) groups is 1. The Labute approximate surface area is 107 Å². The molecule has 0 aliphatic heterocycles. The lowest BCUT2D eigenvalue weighted by Crippen LogP contribution is -2.28. The van der Waals surface area contributed by atoms with Gasteiger partial charge in [0.05, 0.1) is 12.1 Å². The molecule has 18 heavy (non-hydrogen) atoms. The zero-order valence-electron chi connectivity index (χ0n) is 11.2. The number of amides is 1. The SMILES string of the molecule is CC(C)(C)n1nc(C(=O)NCCO)cc1C1CC1. The van der Waals surface area contributed by atoms with Gasteiger partial charge in [0.15, 0.2) is 0 Å². The van der Waals surface area contributed by atoms with Crippen LogP contribution in [0.25, 0.3) is 0 Å². The van der Waals surface area contributed by atoms with Crippen LogP contribution in [0.1, 0.15) is 55.7 Å². The molecular weight excluding hydrogens is 230 g/mol. The number of aliphatic hydroxyl groups excluding tert-OH is 1. The molecule has 1 aromatic heterocycles. The maximum atomic E-state index is 11.8. The minimum Gasteiger partial charge on any atom is -0.395 e. The monoisotopic (exact) mass is 251 g/mol. The smallest absolute Gasteiger partial charge is 0.271 e. The molecule has 1 saturated carbocycles. The van der Waals surface area contributed by atoms with E-state index < -0.39 is 0 Å². The predicted octanol–water partition coefficient (Wildman–Crippen LogP) is 1.24. The molecule has 1 aliphatic rings. The van der Waals surface area contributed by atoms with Crippen molar-refractivity contribution in [1.82, 2.24) is 15.1 Å². The summed E-state index contributed by atoms with van der Waals surface area (Å²) in [4.78, 5) is 11.8. The third-order valence-electron chi connectivity index (χ3n) is 3.00. The fourth-order valence-corrected chi connectivity index (χ4v) is 1.97. The normalized spacial score (nSPS) is 15.8. The Morgan fingerprint density at radius 1 is 1.56 bits per heavy atom. The third-order valence-corrected chi connectivity index (χ3v) is 3.00. The summed E-state index contributed by atoms with van der Waals surface area (Å²) in [5.74, 6) is 0.338. The van der Waals surface area contributed by atoms with Crippen LogP contribution in [-0.4, -0.2) is 33.9 Å². The molecule has 1 heterocycles. The molecule has 5 heteroatoms. The first-order valence-corrected chi connectivity index (χ1v) is 6.43. The Balaban J connectivity index is 2.25. The van der Waals surface area contributed by atoms with Crippen molar-refractivity contribution in [3.05, 3.63) is 17.5 Å². The minimum atomic E-state index is -0.214. The maximum Gasteiger partial charge on any atom is 0.271 e. The van der Waals surface area contributed by atoms with Crippen molar-refractivity contribution in [2.45, 2.75) is 45.1 Å². The summed E-state index contributed by atoms with van der Waals surface area (Å²) in [7, 11) is 0. The van der Waals surface area contributed by atoms with E-state index in [0.29, 0.717) is 11.6 Å². The average Bonchev–Trinajstić information content (AvgIpc) is 3.03. The quantitative estimate of drug-likeness (QED) is 0.846. The Kier molecular flexibility index (Phi) is 3.43. The molecule has 0 spiro atoms. The molecule has 0 radical (unpaired) electrons. The molecule has 2 rings (SSSR count). The van der Waals surface area contributed by atoms with E-state index in [1.54, 1.807) is 0 Å². The molecule has 1 amide bonds. The van der Waals surface area contributed by atoms with Gasteiger partial charge in [0.1, 0.15) is 5.69 Å². The van der Waals surface area contributed by atoms with E-state index >= 15 is 0 Å². The van der Waals surface area contributed by atoms with Crippen LogP contribution in [0, 0.1) is 0 Å². The number of nitrogens with one attached hydrogen (secondary N) is 1. The van der Waals surface area contributed by atoms with Crippen LogP contribution in [0.2, 0.25) is 0 Å². The van der Waals surface area contributed by atoms with E-state index in [1.807, 2.05) is 10.7 Å². The van der Waals surface area contributed by atoms with E-state index in [4.69, 9.17) is 5.11 Å². The number of aromatic nitrogens is 2. The summed E-state index contributed by atoms with van der Waals surface area (Å²) in [6.07, 6.45) is 2.36. The number of carbonyl (C=O) groups excluding carboxylic acids is 1. The molecule has 1 aromatic rings. The van der Waals surface area contributed by atoms with Crippen molar-refractivity contribution in [2.24, 2.45) is 0 Å². The highest BCUT2D eigenvalue weighted by molar-refractivity contribution is 5.92. The minimum absolute atomic E-state index is 0.0544. The molecule has 0 saturated heterocycles. The van der Waals surface area contributed by atoms with Crippen LogP contribution in [0.15, 0.2) is 6.07 Å². The fourth-order valence-electron chi connectivity index (χ4n) is 1.97. The standard InChI is InChI=1S/C13H21N3O2/c1-13(2,3)16-11(9-4-5-9)8-10(15-16)12(18)14-6-7-17/h8-9,17H,4-7H2,1-3H3,(H,14,18). The highest BCUT2D eigenvalue weighted by atomic mass is 16.3. The molecule has 2 N–H and O–H groups in total. The van der Waals surface area contributed by atoms with Gasteiger partial charge >= 0.3 is 0 Å². The third kappa shape index (κ3) is 2.72. The van der Waals surface area contributed by atoms with Gasteiger partial charge in [-0.25, -0.2) is 0 Å². The van der Waals surface area contributed by atoms with Crippen LogP contribution in [0.3, 0.4) is 0 Å². The van der Waals surface area contributed by atoms with E-state index in [0.717, 1.165) is 5.69 Å². The molecule has 1 aliphatic carbocycles. The average molecular weight is 251 g/mol.